The van der Waals surface area contributed by atoms with E-state index in [0.29, 0.717) is 18.3 Å². The fourth-order valence-corrected chi connectivity index (χ4v) is 2.65. The number of nitro groups is 1. The smallest absolute Gasteiger partial charge is 0.288 e. The van der Waals surface area contributed by atoms with Gasteiger partial charge in [0.25, 0.3) is 11.6 Å². The molecular weight excluding hydrogens is 274 g/mol. The van der Waals surface area contributed by atoms with Gasteiger partial charge in [0.1, 0.15) is 12.0 Å². The number of aromatic nitrogens is 1. The lowest BCUT2D eigenvalue weighted by Gasteiger charge is -2.33. The molecule has 1 fully saturated rings. The topological polar surface area (TPSA) is 128 Å². The number of hydrogen-bond acceptors (Lipinski definition) is 6. The summed E-state index contributed by atoms with van der Waals surface area (Å²) in [6, 6.07) is 1.19. The highest BCUT2D eigenvalue weighted by Crippen LogP contribution is 2.27. The van der Waals surface area contributed by atoms with E-state index < -0.39 is 10.8 Å². The largest absolute Gasteiger partial charge is 0.365 e. The lowest BCUT2D eigenvalue weighted by Crippen LogP contribution is -2.36. The van der Waals surface area contributed by atoms with Crippen molar-refractivity contribution in [3.63, 3.8) is 0 Å². The molecule has 0 atom stereocenters. The summed E-state index contributed by atoms with van der Waals surface area (Å²) in [5.41, 5.74) is 10.8. The molecule has 0 radical (unpaired) electrons. The molecular formula is C13H19N5O3. The Morgan fingerprint density at radius 1 is 1.48 bits per heavy atom. The van der Waals surface area contributed by atoms with Gasteiger partial charge in [0.05, 0.1) is 10.5 Å². The average molecular weight is 293 g/mol. The number of amides is 1. The molecule has 1 aliphatic rings. The van der Waals surface area contributed by atoms with E-state index in [1.165, 1.54) is 6.07 Å². The number of nitrogens with zero attached hydrogens (tertiary/aromatic N) is 3. The second kappa shape index (κ2) is 6.49. The highest BCUT2D eigenvalue weighted by molar-refractivity contribution is 5.98. The monoisotopic (exact) mass is 293 g/mol. The molecule has 1 aromatic heterocycles. The summed E-state index contributed by atoms with van der Waals surface area (Å²) in [7, 11) is 0. The predicted octanol–water partition coefficient (Wildman–Crippen LogP) is 0.654. The maximum Gasteiger partial charge on any atom is 0.288 e. The zero-order chi connectivity index (χ0) is 15.4. The van der Waals surface area contributed by atoms with Gasteiger partial charge in [0, 0.05) is 19.2 Å². The fraction of sp³-hybridized carbons (Fsp3) is 0.538. The van der Waals surface area contributed by atoms with Crippen LogP contribution >= 0.6 is 0 Å². The molecule has 8 heteroatoms. The maximum atomic E-state index is 11.5. The molecule has 1 aliphatic heterocycles. The Hall–Kier alpha value is -2.22. The SMILES string of the molecule is NCCC1CCN(c2ncc([N+](=O)[O-])cc2C(N)=O)CC1. The molecule has 0 bridgehead atoms. The highest BCUT2D eigenvalue weighted by atomic mass is 16.6. The number of hydrogen-bond donors (Lipinski definition) is 2. The van der Waals surface area contributed by atoms with Crippen LogP contribution in [-0.4, -0.2) is 35.4 Å². The van der Waals surface area contributed by atoms with Gasteiger partial charge in [-0.05, 0) is 31.7 Å². The first-order valence-corrected chi connectivity index (χ1v) is 6.92. The minimum Gasteiger partial charge on any atom is -0.365 e. The van der Waals surface area contributed by atoms with E-state index >= 15 is 0 Å². The van der Waals surface area contributed by atoms with Crippen molar-refractivity contribution in [2.75, 3.05) is 24.5 Å². The van der Waals surface area contributed by atoms with Crippen LogP contribution in [0.1, 0.15) is 29.6 Å². The minimum absolute atomic E-state index is 0.0986. The molecule has 1 saturated heterocycles. The lowest BCUT2D eigenvalue weighted by molar-refractivity contribution is -0.385. The maximum absolute atomic E-state index is 11.5. The zero-order valence-corrected chi connectivity index (χ0v) is 11.7. The summed E-state index contributed by atoms with van der Waals surface area (Å²) in [5, 5.41) is 10.8. The Balaban J connectivity index is 2.20. The van der Waals surface area contributed by atoms with Crippen molar-refractivity contribution < 1.29 is 9.72 Å². The third kappa shape index (κ3) is 3.46. The molecule has 0 unspecified atom stereocenters. The minimum atomic E-state index is -0.703. The van der Waals surface area contributed by atoms with Gasteiger partial charge in [-0.25, -0.2) is 4.98 Å². The van der Waals surface area contributed by atoms with Crippen LogP contribution in [0.4, 0.5) is 11.5 Å². The molecule has 8 nitrogen and oxygen atoms in total. The van der Waals surface area contributed by atoms with Crippen molar-refractivity contribution in [1.29, 1.82) is 0 Å². The van der Waals surface area contributed by atoms with Crippen LogP contribution < -0.4 is 16.4 Å². The van der Waals surface area contributed by atoms with E-state index in [4.69, 9.17) is 11.5 Å². The van der Waals surface area contributed by atoms with Gasteiger partial charge in [-0.1, -0.05) is 0 Å². The second-order valence-electron chi connectivity index (χ2n) is 5.19. The van der Waals surface area contributed by atoms with Crippen LogP contribution in [0, 0.1) is 16.0 Å². The summed E-state index contributed by atoms with van der Waals surface area (Å²) in [6.45, 7) is 2.17. The Kier molecular flexibility index (Phi) is 4.69. The summed E-state index contributed by atoms with van der Waals surface area (Å²) in [4.78, 5) is 27.7. The molecule has 1 amide bonds. The molecule has 0 saturated carbocycles. The number of anilines is 1. The standard InChI is InChI=1S/C13H19N5O3/c14-4-1-9-2-5-17(6-3-9)13-11(12(15)19)7-10(8-16-13)18(20)21/h7-9H,1-6,14H2,(H2,15,19). The van der Waals surface area contributed by atoms with Crippen molar-refractivity contribution >= 4 is 17.4 Å². The van der Waals surface area contributed by atoms with Crippen LogP contribution in [0.3, 0.4) is 0 Å². The molecule has 4 N–H and O–H groups in total. The van der Waals surface area contributed by atoms with E-state index in [1.807, 2.05) is 4.90 Å². The van der Waals surface area contributed by atoms with Gasteiger partial charge < -0.3 is 16.4 Å². The van der Waals surface area contributed by atoms with Crippen molar-refractivity contribution in [3.8, 4) is 0 Å². The first-order valence-electron chi connectivity index (χ1n) is 6.92. The summed E-state index contributed by atoms with van der Waals surface area (Å²) in [5.74, 6) is 0.311. The lowest BCUT2D eigenvalue weighted by atomic mass is 9.93. The first-order chi connectivity index (χ1) is 10.0. The number of carbonyl (C=O) groups is 1. The summed E-state index contributed by atoms with van der Waals surface area (Å²) >= 11 is 0. The third-order valence-corrected chi connectivity index (χ3v) is 3.82. The molecule has 0 aromatic carbocycles. The molecule has 1 aromatic rings. The van der Waals surface area contributed by atoms with E-state index in [-0.39, 0.29) is 11.3 Å². The fourth-order valence-electron chi connectivity index (χ4n) is 2.65. The number of piperidine rings is 1. The summed E-state index contributed by atoms with van der Waals surface area (Å²) < 4.78 is 0. The van der Waals surface area contributed by atoms with Crippen LogP contribution in [0.2, 0.25) is 0 Å². The van der Waals surface area contributed by atoms with E-state index in [0.717, 1.165) is 38.5 Å². The van der Waals surface area contributed by atoms with Crippen molar-refractivity contribution in [2.24, 2.45) is 17.4 Å². The first kappa shape index (κ1) is 15.2. The Bertz CT molecular complexity index is 541. The van der Waals surface area contributed by atoms with E-state index in [9.17, 15) is 14.9 Å². The van der Waals surface area contributed by atoms with Gasteiger partial charge in [0.15, 0.2) is 0 Å². The van der Waals surface area contributed by atoms with Crippen LogP contribution in [-0.2, 0) is 0 Å². The van der Waals surface area contributed by atoms with Crippen LogP contribution in [0.25, 0.3) is 0 Å². The van der Waals surface area contributed by atoms with Crippen molar-refractivity contribution in [1.82, 2.24) is 4.98 Å². The second-order valence-corrected chi connectivity index (χ2v) is 5.19. The molecule has 2 rings (SSSR count). The number of nitrogens with two attached hydrogens (primary N) is 2. The van der Waals surface area contributed by atoms with Gasteiger partial charge in [0.2, 0.25) is 0 Å². The Labute approximate surface area is 122 Å². The van der Waals surface area contributed by atoms with Gasteiger partial charge in [-0.15, -0.1) is 0 Å². The average Bonchev–Trinajstić information content (AvgIpc) is 2.47. The number of pyridine rings is 1. The molecule has 0 spiro atoms. The van der Waals surface area contributed by atoms with Gasteiger partial charge in [-0.2, -0.15) is 0 Å². The van der Waals surface area contributed by atoms with E-state index in [1.54, 1.807) is 0 Å². The van der Waals surface area contributed by atoms with Crippen molar-refractivity contribution in [3.05, 3.63) is 27.9 Å². The highest BCUT2D eigenvalue weighted by Gasteiger charge is 2.24. The number of rotatable bonds is 5. The van der Waals surface area contributed by atoms with Gasteiger partial charge in [-0.3, -0.25) is 14.9 Å². The number of primary amides is 1. The molecule has 2 heterocycles. The van der Waals surface area contributed by atoms with Crippen molar-refractivity contribution in [2.45, 2.75) is 19.3 Å². The number of carbonyl (C=O) groups excluding carboxylic acids is 1. The third-order valence-electron chi connectivity index (χ3n) is 3.82. The Morgan fingerprint density at radius 3 is 2.67 bits per heavy atom. The van der Waals surface area contributed by atoms with Crippen LogP contribution in [0.15, 0.2) is 12.3 Å². The van der Waals surface area contributed by atoms with Gasteiger partial charge >= 0.3 is 0 Å². The Morgan fingerprint density at radius 2 is 2.14 bits per heavy atom. The molecule has 21 heavy (non-hydrogen) atoms. The summed E-state index contributed by atoms with van der Waals surface area (Å²) in [6.07, 6.45) is 4.08. The normalized spacial score (nSPS) is 16.0. The quantitative estimate of drug-likeness (QED) is 0.606. The van der Waals surface area contributed by atoms with E-state index in [2.05, 4.69) is 4.98 Å². The van der Waals surface area contributed by atoms with Crippen LogP contribution in [0.5, 0.6) is 0 Å². The molecule has 114 valence electrons. The predicted molar refractivity (Wildman–Crippen MR) is 78.0 cm³/mol. The molecule has 0 aliphatic carbocycles. The zero-order valence-electron chi connectivity index (χ0n) is 11.7.